The van der Waals surface area contributed by atoms with Crippen LogP contribution in [0.2, 0.25) is 0 Å². The van der Waals surface area contributed by atoms with Crippen LogP contribution in [0.1, 0.15) is 17.4 Å². The molecular weight excluding hydrogens is 322 g/mol. The van der Waals surface area contributed by atoms with Gasteiger partial charge in [0.2, 0.25) is 0 Å². The Kier molecular flexibility index (Phi) is 8.27. The maximum absolute atomic E-state index is 9.23. The lowest BCUT2D eigenvalue weighted by molar-refractivity contribution is 0.191. The molecule has 6 heteroatoms. The Balaban J connectivity index is 0.00000242. The average molecular weight is 344 g/mol. The first kappa shape index (κ1) is 18.8. The molecule has 0 spiro atoms. The first-order valence-electron chi connectivity index (χ1n) is 6.90. The second-order valence-corrected chi connectivity index (χ2v) is 5.87. The lowest BCUT2D eigenvalue weighted by Crippen LogP contribution is -2.23. The number of aliphatic hydroxyl groups excluding tert-OH is 1. The summed E-state index contributed by atoms with van der Waals surface area (Å²) in [6.07, 6.45) is -0.347. The molecule has 0 saturated carbocycles. The number of hydrogen-bond donors (Lipinski definition) is 2. The summed E-state index contributed by atoms with van der Waals surface area (Å²) in [4.78, 5) is 1.18. The van der Waals surface area contributed by atoms with Crippen LogP contribution in [0.5, 0.6) is 11.5 Å². The van der Waals surface area contributed by atoms with Gasteiger partial charge in [-0.05, 0) is 36.1 Å². The molecule has 2 rings (SSSR count). The molecule has 2 N–H and O–H groups in total. The monoisotopic (exact) mass is 343 g/mol. The summed E-state index contributed by atoms with van der Waals surface area (Å²) >= 11 is 1.67. The Labute approximate surface area is 141 Å². The largest absolute Gasteiger partial charge is 0.493 e. The molecule has 1 heterocycles. The van der Waals surface area contributed by atoms with E-state index in [2.05, 4.69) is 5.32 Å². The van der Waals surface area contributed by atoms with Crippen LogP contribution in [-0.2, 0) is 13.2 Å². The van der Waals surface area contributed by atoms with Gasteiger partial charge in [0.15, 0.2) is 11.5 Å². The SMILES string of the molecule is COc1cc(CNCC(C)O)ccc1OCc1cccs1.Cl. The normalized spacial score (nSPS) is 11.6. The third-order valence-corrected chi connectivity index (χ3v) is 3.80. The predicted molar refractivity (Wildman–Crippen MR) is 92.3 cm³/mol. The zero-order chi connectivity index (χ0) is 15.1. The number of methoxy groups -OCH3 is 1. The van der Waals surface area contributed by atoms with Gasteiger partial charge in [-0.15, -0.1) is 23.7 Å². The summed E-state index contributed by atoms with van der Waals surface area (Å²) in [6, 6.07) is 9.94. The van der Waals surface area contributed by atoms with Crippen molar-refractivity contribution in [2.24, 2.45) is 0 Å². The highest BCUT2D eigenvalue weighted by Crippen LogP contribution is 2.29. The molecule has 0 radical (unpaired) electrons. The number of halogens is 1. The summed E-state index contributed by atoms with van der Waals surface area (Å²) in [5.74, 6) is 1.47. The van der Waals surface area contributed by atoms with Crippen molar-refractivity contribution in [2.75, 3.05) is 13.7 Å². The Morgan fingerprint density at radius 1 is 1.27 bits per heavy atom. The number of thiophene rings is 1. The highest BCUT2D eigenvalue weighted by molar-refractivity contribution is 7.09. The van der Waals surface area contributed by atoms with E-state index in [-0.39, 0.29) is 18.5 Å². The van der Waals surface area contributed by atoms with E-state index in [9.17, 15) is 5.11 Å². The van der Waals surface area contributed by atoms with E-state index in [1.54, 1.807) is 25.4 Å². The molecule has 4 nitrogen and oxygen atoms in total. The van der Waals surface area contributed by atoms with Gasteiger partial charge < -0.3 is 19.9 Å². The molecule has 0 aliphatic heterocycles. The molecule has 1 atom stereocenters. The Morgan fingerprint density at radius 2 is 2.09 bits per heavy atom. The topological polar surface area (TPSA) is 50.7 Å². The molecule has 1 aromatic heterocycles. The predicted octanol–water partition coefficient (Wildman–Crippen LogP) is 3.23. The van der Waals surface area contributed by atoms with Gasteiger partial charge in [0.1, 0.15) is 6.61 Å². The number of ether oxygens (including phenoxy) is 2. The van der Waals surface area contributed by atoms with E-state index in [4.69, 9.17) is 9.47 Å². The van der Waals surface area contributed by atoms with Crippen molar-refractivity contribution in [3.05, 3.63) is 46.2 Å². The van der Waals surface area contributed by atoms with Crippen LogP contribution in [-0.4, -0.2) is 24.9 Å². The summed E-state index contributed by atoms with van der Waals surface area (Å²) in [7, 11) is 1.64. The van der Waals surface area contributed by atoms with Crippen molar-refractivity contribution in [1.82, 2.24) is 5.32 Å². The Bertz CT molecular complexity index is 546. The van der Waals surface area contributed by atoms with Gasteiger partial charge in [0.25, 0.3) is 0 Å². The molecular formula is C16H22ClNO3S. The molecule has 22 heavy (non-hydrogen) atoms. The molecule has 0 saturated heterocycles. The van der Waals surface area contributed by atoms with E-state index >= 15 is 0 Å². The van der Waals surface area contributed by atoms with Gasteiger partial charge in [0.05, 0.1) is 13.2 Å². The third kappa shape index (κ3) is 5.85. The van der Waals surface area contributed by atoms with Crippen LogP contribution in [0, 0.1) is 0 Å². The molecule has 122 valence electrons. The lowest BCUT2D eigenvalue weighted by atomic mass is 10.2. The van der Waals surface area contributed by atoms with Gasteiger partial charge in [0, 0.05) is 18.0 Å². The first-order valence-corrected chi connectivity index (χ1v) is 7.78. The number of rotatable bonds is 8. The van der Waals surface area contributed by atoms with Crippen LogP contribution in [0.3, 0.4) is 0 Å². The molecule has 1 aromatic carbocycles. The van der Waals surface area contributed by atoms with Crippen molar-refractivity contribution in [2.45, 2.75) is 26.2 Å². The smallest absolute Gasteiger partial charge is 0.161 e. The summed E-state index contributed by atoms with van der Waals surface area (Å²) in [5, 5.41) is 14.4. The first-order chi connectivity index (χ1) is 10.2. The van der Waals surface area contributed by atoms with Crippen molar-refractivity contribution in [3.8, 4) is 11.5 Å². The second-order valence-electron chi connectivity index (χ2n) is 4.83. The zero-order valence-electron chi connectivity index (χ0n) is 12.7. The van der Waals surface area contributed by atoms with Crippen molar-refractivity contribution in [3.63, 3.8) is 0 Å². The number of benzene rings is 1. The summed E-state index contributed by atoms with van der Waals surface area (Å²) in [5.41, 5.74) is 1.09. The molecule has 2 aromatic rings. The standard InChI is InChI=1S/C16H21NO3S.ClH/c1-12(18)9-17-10-13-5-6-15(16(8-13)19-2)20-11-14-4-3-7-21-14;/h3-8,12,17-18H,9-11H2,1-2H3;1H. The highest BCUT2D eigenvalue weighted by Gasteiger charge is 2.07. The third-order valence-electron chi connectivity index (χ3n) is 2.95. The molecule has 0 aliphatic carbocycles. The van der Waals surface area contributed by atoms with Gasteiger partial charge in [-0.3, -0.25) is 0 Å². The second kappa shape index (κ2) is 9.69. The number of nitrogens with one attached hydrogen (secondary N) is 1. The quantitative estimate of drug-likeness (QED) is 0.772. The minimum absolute atomic E-state index is 0. The highest BCUT2D eigenvalue weighted by atomic mass is 35.5. The van der Waals surface area contributed by atoms with Gasteiger partial charge in [-0.2, -0.15) is 0 Å². The van der Waals surface area contributed by atoms with Crippen LogP contribution >= 0.6 is 23.7 Å². The molecule has 1 unspecified atom stereocenters. The summed E-state index contributed by atoms with van der Waals surface area (Å²) in [6.45, 7) is 3.56. The maximum Gasteiger partial charge on any atom is 0.161 e. The lowest BCUT2D eigenvalue weighted by Gasteiger charge is -2.12. The van der Waals surface area contributed by atoms with E-state index in [0.29, 0.717) is 19.7 Å². The van der Waals surface area contributed by atoms with E-state index < -0.39 is 0 Å². The fraction of sp³-hybridized carbons (Fsp3) is 0.375. The van der Waals surface area contributed by atoms with Crippen molar-refractivity contribution >= 4 is 23.7 Å². The van der Waals surface area contributed by atoms with Gasteiger partial charge >= 0.3 is 0 Å². The van der Waals surface area contributed by atoms with Crippen molar-refractivity contribution in [1.29, 1.82) is 0 Å². The van der Waals surface area contributed by atoms with Crippen LogP contribution < -0.4 is 14.8 Å². The van der Waals surface area contributed by atoms with E-state index in [0.717, 1.165) is 17.1 Å². The molecule has 0 bridgehead atoms. The maximum atomic E-state index is 9.23. The van der Waals surface area contributed by atoms with Crippen LogP contribution in [0.15, 0.2) is 35.7 Å². The molecule has 0 aliphatic rings. The van der Waals surface area contributed by atoms with Crippen molar-refractivity contribution < 1.29 is 14.6 Å². The fourth-order valence-electron chi connectivity index (χ4n) is 1.91. The fourth-order valence-corrected chi connectivity index (χ4v) is 2.53. The van der Waals surface area contributed by atoms with Gasteiger partial charge in [-0.25, -0.2) is 0 Å². The minimum atomic E-state index is -0.347. The number of hydrogen-bond acceptors (Lipinski definition) is 5. The van der Waals surface area contributed by atoms with Crippen LogP contribution in [0.25, 0.3) is 0 Å². The summed E-state index contributed by atoms with van der Waals surface area (Å²) < 4.78 is 11.2. The minimum Gasteiger partial charge on any atom is -0.493 e. The Morgan fingerprint density at radius 3 is 2.73 bits per heavy atom. The van der Waals surface area contributed by atoms with Gasteiger partial charge in [-0.1, -0.05) is 12.1 Å². The molecule has 0 amide bonds. The average Bonchev–Trinajstić information content (AvgIpc) is 2.98. The molecule has 0 fully saturated rings. The zero-order valence-corrected chi connectivity index (χ0v) is 14.4. The van der Waals surface area contributed by atoms with Crippen LogP contribution in [0.4, 0.5) is 0 Å². The van der Waals surface area contributed by atoms with E-state index in [1.807, 2.05) is 35.7 Å². The Hall–Kier alpha value is -1.27. The number of aliphatic hydroxyl groups is 1. The van der Waals surface area contributed by atoms with E-state index in [1.165, 1.54) is 4.88 Å².